The third kappa shape index (κ3) is 38.6. The van der Waals surface area contributed by atoms with Gasteiger partial charge in [0.1, 0.15) is 0 Å². The van der Waals surface area contributed by atoms with Crippen LogP contribution in [0.15, 0.2) is 0 Å². The minimum Gasteiger partial charge on any atom is -0.676 e. The van der Waals surface area contributed by atoms with Crippen molar-refractivity contribution in [1.29, 1.82) is 0 Å². The summed E-state index contributed by atoms with van der Waals surface area (Å²) in [6.07, 6.45) is 18.1. The number of hydrogen-bond donors (Lipinski definition) is 8. The molecule has 0 radical (unpaired) electrons. The first-order valence-corrected chi connectivity index (χ1v) is 23.6. The summed E-state index contributed by atoms with van der Waals surface area (Å²) in [4.78, 5) is 76.5. The second kappa shape index (κ2) is 47.7. The predicted octanol–water partition coefficient (Wildman–Crippen LogP) is 8.11. The van der Waals surface area contributed by atoms with Gasteiger partial charge in [-0.05, 0) is 25.7 Å². The molecular formula is C40H72N12O22Pt4. The zero-order valence-electron chi connectivity index (χ0n) is 41.7. The zero-order chi connectivity index (χ0) is 57.4. The smallest absolute Gasteiger partial charge is 0.676 e. The van der Waals surface area contributed by atoms with E-state index in [0.717, 1.165) is 51.4 Å². The van der Waals surface area contributed by atoms with Crippen LogP contribution < -0.4 is 0 Å². The van der Waals surface area contributed by atoms with Gasteiger partial charge in [-0.2, -0.15) is 48.3 Å². The molecule has 38 heteroatoms. The minimum absolute atomic E-state index is 0. The molecule has 8 rings (SSSR count). The number of hydrogen-bond acceptors (Lipinski definition) is 14. The third-order valence-corrected chi connectivity index (χ3v) is 12.8. The average molecular weight is 1850 g/mol. The Balaban J connectivity index is -0.000000189. The van der Waals surface area contributed by atoms with Gasteiger partial charge in [-0.15, -0.1) is 40.5 Å². The molecule has 4 bridgehead atoms. The molecule has 0 aromatic carbocycles. The Labute approximate surface area is 506 Å². The Morgan fingerprint density at radius 1 is 0.308 bits per heavy atom. The van der Waals surface area contributed by atoms with Gasteiger partial charge in [-0.1, -0.05) is 103 Å². The van der Waals surface area contributed by atoms with Crippen LogP contribution in [0.1, 0.15) is 128 Å². The fourth-order valence-electron chi connectivity index (χ4n) is 9.13. The molecule has 8 aliphatic rings. The van der Waals surface area contributed by atoms with Gasteiger partial charge in [0.25, 0.3) is 20.3 Å². The van der Waals surface area contributed by atoms with E-state index >= 15 is 0 Å². The first-order chi connectivity index (χ1) is 34.4. The van der Waals surface area contributed by atoms with Crippen molar-refractivity contribution in [2.75, 3.05) is 0 Å². The molecule has 4 heterocycles. The Morgan fingerprint density at radius 3 is 0.487 bits per heavy atom. The molecule has 464 valence electrons. The Bertz CT molecular complexity index is 1430. The molecule has 0 amide bonds. The number of fused-ring (bicyclic) bond motifs is 4. The van der Waals surface area contributed by atoms with E-state index in [0.29, 0.717) is 25.7 Å². The normalized spacial score (nSPS) is 31.6. The van der Waals surface area contributed by atoms with E-state index in [4.69, 9.17) is 137 Å². The maximum absolute atomic E-state index is 10.8. The van der Waals surface area contributed by atoms with Gasteiger partial charge in [0.15, 0.2) is 0 Å². The summed E-state index contributed by atoms with van der Waals surface area (Å²) in [6.45, 7) is 0. The molecule has 0 aromatic rings. The van der Waals surface area contributed by atoms with Crippen molar-refractivity contribution < 1.29 is 175 Å². The monoisotopic (exact) mass is 1850 g/mol. The molecule has 4 saturated carbocycles. The topological polar surface area (TPSA) is 612 Å². The van der Waals surface area contributed by atoms with Crippen LogP contribution in [-0.4, -0.2) is 158 Å². The number of carboxylic acid groups (broad SMARTS) is 4. The van der Waals surface area contributed by atoms with Crippen molar-refractivity contribution >= 4 is 23.9 Å². The molecule has 4 aliphatic heterocycles. The van der Waals surface area contributed by atoms with Crippen molar-refractivity contribution in [3.63, 3.8) is 0 Å². The van der Waals surface area contributed by atoms with E-state index in [1.54, 1.807) is 0 Å². The molecule has 16 N–H and O–H groups in total. The fraction of sp³-hybridized carbons (Fsp3) is 0.900. The fourth-order valence-corrected chi connectivity index (χ4v) is 9.13. The number of aliphatic carboxylic acids is 4. The van der Waals surface area contributed by atoms with E-state index in [1.165, 1.54) is 51.4 Å². The van der Waals surface area contributed by atoms with Crippen molar-refractivity contribution in [3.05, 3.63) is 86.3 Å². The van der Waals surface area contributed by atoms with Crippen LogP contribution in [-0.2, 0) is 113 Å². The van der Waals surface area contributed by atoms with Crippen LogP contribution in [0.4, 0.5) is 0 Å². The van der Waals surface area contributed by atoms with Crippen LogP contribution in [0.3, 0.4) is 0 Å². The number of nitrogens with zero attached hydrogens (tertiary/aromatic N) is 4. The molecule has 0 spiro atoms. The van der Waals surface area contributed by atoms with E-state index < -0.39 is 67.9 Å². The SMILES string of the molecule is O=C(O)C1C2CCC(O2)C1C(=O)O.O=C(O)C1C2CCC(O2)C1C(=O)O.O=[N+]([O-])O.O=[N+]([O-])O.O=[N+]([O-])O.O=[N+]([O-])O.[NH-][C@@H]1CCCC[C@@H]1[NH-].[NH-][C@@H]1CCCC[C@@H]1[NH-].[NH-][C@H]1CCCC[C@@H]1[NH-].[NH-][C@H]1CCCC[C@@H]1[NH-].[Pt+2].[Pt+2].[Pt+2].[Pt+2]. The largest absolute Gasteiger partial charge is 2.00 e. The average Bonchev–Trinajstić information content (AvgIpc) is 4.11. The molecule has 16 atom stereocenters. The standard InChI is InChI=1S/2C8H10O5.4C6H12N2.4HNO3.4Pt/c2*9-7(10)5-3-1-2-4(13-3)6(5)8(11)12;4*7-5-3-1-2-4-6(5)8;4*2-1(3)4;;;;/h2*3-6H,1-2H2,(H,9,10)(H,11,12);4*5-8H,1-4H2;4*(H,2,3,4);;;;/q;;4*-2;;;;;4*+2/t;;2*5-,6+;2*5-,6-;;;;;;;;/m....00......../s1. The van der Waals surface area contributed by atoms with Gasteiger partial charge in [0.2, 0.25) is 0 Å². The van der Waals surface area contributed by atoms with Gasteiger partial charge in [0, 0.05) is 0 Å². The molecule has 4 saturated heterocycles. The summed E-state index contributed by atoms with van der Waals surface area (Å²) in [6, 6.07) is -0.639. The third-order valence-electron chi connectivity index (χ3n) is 12.8. The van der Waals surface area contributed by atoms with E-state index in [1.807, 2.05) is 0 Å². The van der Waals surface area contributed by atoms with Gasteiger partial charge in [0.05, 0.1) is 48.1 Å². The zero-order valence-corrected chi connectivity index (χ0v) is 50.8. The molecule has 4 aliphatic carbocycles. The van der Waals surface area contributed by atoms with Crippen LogP contribution >= 0.6 is 0 Å². The second-order valence-electron chi connectivity index (χ2n) is 18.0. The summed E-state index contributed by atoms with van der Waals surface area (Å²) < 4.78 is 10.5. The molecule has 0 aromatic heterocycles. The molecule has 8 fully saturated rings. The number of carboxylic acids is 4. The molecule has 8 unspecified atom stereocenters. The summed E-state index contributed by atoms with van der Waals surface area (Å²) in [5.74, 6) is -7.63. The Kier molecular flexibility index (Phi) is 52.7. The molecular weight excluding hydrogens is 1780 g/mol. The van der Waals surface area contributed by atoms with Crippen molar-refractivity contribution in [1.82, 2.24) is 0 Å². The minimum atomic E-state index is -1.50. The van der Waals surface area contributed by atoms with Crippen LogP contribution in [0, 0.1) is 64.1 Å². The van der Waals surface area contributed by atoms with E-state index in [2.05, 4.69) is 0 Å². The van der Waals surface area contributed by atoms with Crippen molar-refractivity contribution in [3.8, 4) is 0 Å². The number of nitrogens with one attached hydrogen (secondary N) is 8. The van der Waals surface area contributed by atoms with Crippen LogP contribution in [0.5, 0.6) is 0 Å². The van der Waals surface area contributed by atoms with Gasteiger partial charge in [-0.25, -0.2) is 0 Å². The number of carbonyl (C=O) groups is 4. The van der Waals surface area contributed by atoms with E-state index in [9.17, 15) is 19.2 Å². The summed E-state index contributed by atoms with van der Waals surface area (Å²) in [7, 11) is 0. The molecule has 78 heavy (non-hydrogen) atoms. The molecule has 34 nitrogen and oxygen atoms in total. The summed E-state index contributed by atoms with van der Waals surface area (Å²) >= 11 is 0. The second-order valence-corrected chi connectivity index (χ2v) is 18.0. The Morgan fingerprint density at radius 2 is 0.410 bits per heavy atom. The first kappa shape index (κ1) is 86.3. The predicted molar refractivity (Wildman–Crippen MR) is 254 cm³/mol. The van der Waals surface area contributed by atoms with Gasteiger partial charge >= 0.3 is 108 Å². The van der Waals surface area contributed by atoms with Crippen molar-refractivity contribution in [2.24, 2.45) is 23.7 Å². The van der Waals surface area contributed by atoms with Gasteiger partial charge in [-0.3, -0.25) is 19.2 Å². The number of rotatable bonds is 4. The quantitative estimate of drug-likeness (QED) is 0.0972. The maximum Gasteiger partial charge on any atom is 2.00 e. The summed E-state index contributed by atoms with van der Waals surface area (Å²) in [5.41, 5.74) is 58.3. The first-order valence-electron chi connectivity index (χ1n) is 23.6. The summed E-state index contributed by atoms with van der Waals surface area (Å²) in [5, 5.41) is 89.8. The number of ether oxygens (including phenoxy) is 2. The van der Waals surface area contributed by atoms with Crippen molar-refractivity contribution in [2.45, 2.75) is 201 Å². The van der Waals surface area contributed by atoms with Crippen LogP contribution in [0.2, 0.25) is 0 Å². The maximum atomic E-state index is 10.8. The Hall–Kier alpha value is -2.97. The van der Waals surface area contributed by atoms with Gasteiger partial charge < -0.3 is 96.6 Å². The van der Waals surface area contributed by atoms with Crippen LogP contribution in [0.25, 0.3) is 45.9 Å². The van der Waals surface area contributed by atoms with E-state index in [-0.39, 0.29) is 157 Å².